The van der Waals surface area contributed by atoms with E-state index in [-0.39, 0.29) is 5.97 Å². The first-order valence-corrected chi connectivity index (χ1v) is 3.81. The van der Waals surface area contributed by atoms with Gasteiger partial charge in [0.05, 0.1) is 12.8 Å². The number of esters is 1. The van der Waals surface area contributed by atoms with Crippen molar-refractivity contribution in [1.82, 2.24) is 9.78 Å². The van der Waals surface area contributed by atoms with Crippen LogP contribution in [0.5, 0.6) is 0 Å². The molecule has 0 aliphatic carbocycles. The Bertz CT molecular complexity index is 291. The minimum atomic E-state index is -0.336. The van der Waals surface area contributed by atoms with E-state index in [0.29, 0.717) is 12.2 Å². The van der Waals surface area contributed by atoms with Gasteiger partial charge in [-0.2, -0.15) is 5.10 Å². The van der Waals surface area contributed by atoms with Crippen LogP contribution in [0.3, 0.4) is 0 Å². The third kappa shape index (κ3) is 1.47. The molecule has 0 aromatic carbocycles. The summed E-state index contributed by atoms with van der Waals surface area (Å²) in [4.78, 5) is 11.1. The molecular weight excluding hydrogens is 156 g/mol. The van der Waals surface area contributed by atoms with E-state index >= 15 is 0 Å². The lowest BCUT2D eigenvalue weighted by molar-refractivity contribution is 0.0587. The predicted molar refractivity (Wildman–Crippen MR) is 44.0 cm³/mol. The molecule has 0 aliphatic heterocycles. The van der Waals surface area contributed by atoms with Gasteiger partial charge in [-0.25, -0.2) is 4.79 Å². The third-order valence-electron chi connectivity index (χ3n) is 1.60. The molecule has 0 bridgehead atoms. The minimum absolute atomic E-state index is 0.336. The number of hydrogen-bond donors (Lipinski definition) is 0. The smallest absolute Gasteiger partial charge is 0.356 e. The van der Waals surface area contributed by atoms with E-state index in [4.69, 9.17) is 0 Å². The minimum Gasteiger partial charge on any atom is -0.464 e. The SMILES string of the molecule is CCn1nc(C)cc1C(=O)OC. The Morgan fingerprint density at radius 3 is 2.92 bits per heavy atom. The highest BCUT2D eigenvalue weighted by Crippen LogP contribution is 2.04. The molecule has 0 saturated carbocycles. The molecule has 0 aliphatic rings. The van der Waals surface area contributed by atoms with Crippen LogP contribution in [-0.4, -0.2) is 22.9 Å². The van der Waals surface area contributed by atoms with E-state index in [9.17, 15) is 4.79 Å². The van der Waals surface area contributed by atoms with Gasteiger partial charge in [0.15, 0.2) is 0 Å². The molecule has 1 rings (SSSR count). The van der Waals surface area contributed by atoms with Crippen LogP contribution >= 0.6 is 0 Å². The number of carbonyl (C=O) groups is 1. The van der Waals surface area contributed by atoms with Gasteiger partial charge in [-0.05, 0) is 19.9 Å². The van der Waals surface area contributed by atoms with Crippen LogP contribution in [0.2, 0.25) is 0 Å². The third-order valence-corrected chi connectivity index (χ3v) is 1.60. The number of nitrogens with zero attached hydrogens (tertiary/aromatic N) is 2. The van der Waals surface area contributed by atoms with Gasteiger partial charge in [-0.1, -0.05) is 0 Å². The van der Waals surface area contributed by atoms with Crippen LogP contribution in [0, 0.1) is 6.92 Å². The van der Waals surface area contributed by atoms with Gasteiger partial charge in [-0.15, -0.1) is 0 Å². The van der Waals surface area contributed by atoms with Crippen molar-refractivity contribution < 1.29 is 9.53 Å². The molecule has 1 heterocycles. The Morgan fingerprint density at radius 1 is 1.75 bits per heavy atom. The number of aryl methyl sites for hydroxylation is 2. The lowest BCUT2D eigenvalue weighted by Gasteiger charge is -2.00. The Kier molecular flexibility index (Phi) is 2.47. The highest BCUT2D eigenvalue weighted by molar-refractivity contribution is 5.87. The van der Waals surface area contributed by atoms with Crippen LogP contribution < -0.4 is 0 Å². The maximum Gasteiger partial charge on any atom is 0.356 e. The van der Waals surface area contributed by atoms with Crippen molar-refractivity contribution in [2.45, 2.75) is 20.4 Å². The molecule has 12 heavy (non-hydrogen) atoms. The number of methoxy groups -OCH3 is 1. The Hall–Kier alpha value is -1.32. The number of carbonyl (C=O) groups excluding carboxylic acids is 1. The van der Waals surface area contributed by atoms with Crippen molar-refractivity contribution in [2.24, 2.45) is 0 Å². The molecule has 0 unspecified atom stereocenters. The fraction of sp³-hybridized carbons (Fsp3) is 0.500. The summed E-state index contributed by atoms with van der Waals surface area (Å²) in [5.41, 5.74) is 1.34. The normalized spacial score (nSPS) is 9.92. The van der Waals surface area contributed by atoms with Gasteiger partial charge >= 0.3 is 5.97 Å². The summed E-state index contributed by atoms with van der Waals surface area (Å²) < 4.78 is 6.22. The Balaban J connectivity index is 3.04. The van der Waals surface area contributed by atoms with Crippen molar-refractivity contribution in [3.63, 3.8) is 0 Å². The zero-order valence-corrected chi connectivity index (χ0v) is 7.50. The van der Waals surface area contributed by atoms with E-state index in [1.807, 2.05) is 13.8 Å². The van der Waals surface area contributed by atoms with Crippen molar-refractivity contribution in [3.8, 4) is 0 Å². The molecule has 66 valence electrons. The standard InChI is InChI=1S/C8H12N2O2/c1-4-10-7(8(11)12-3)5-6(2)9-10/h5H,4H2,1-3H3. The van der Waals surface area contributed by atoms with E-state index in [0.717, 1.165) is 5.69 Å². The molecule has 0 atom stereocenters. The van der Waals surface area contributed by atoms with E-state index < -0.39 is 0 Å². The van der Waals surface area contributed by atoms with Crippen LogP contribution in [0.4, 0.5) is 0 Å². The summed E-state index contributed by atoms with van der Waals surface area (Å²) in [6.45, 7) is 4.45. The summed E-state index contributed by atoms with van der Waals surface area (Å²) >= 11 is 0. The average molecular weight is 168 g/mol. The zero-order valence-electron chi connectivity index (χ0n) is 7.50. The second-order valence-corrected chi connectivity index (χ2v) is 2.48. The second-order valence-electron chi connectivity index (χ2n) is 2.48. The molecule has 0 spiro atoms. The van der Waals surface area contributed by atoms with Crippen LogP contribution in [0.25, 0.3) is 0 Å². The average Bonchev–Trinajstić information content (AvgIpc) is 2.45. The monoisotopic (exact) mass is 168 g/mol. The van der Waals surface area contributed by atoms with Gasteiger partial charge in [0, 0.05) is 6.54 Å². The Labute approximate surface area is 71.1 Å². The first-order valence-electron chi connectivity index (χ1n) is 3.81. The number of aromatic nitrogens is 2. The lowest BCUT2D eigenvalue weighted by Crippen LogP contribution is -2.10. The first-order chi connectivity index (χ1) is 5.69. The van der Waals surface area contributed by atoms with Crippen molar-refractivity contribution in [1.29, 1.82) is 0 Å². The van der Waals surface area contributed by atoms with Gasteiger partial charge < -0.3 is 4.74 Å². The van der Waals surface area contributed by atoms with E-state index in [1.165, 1.54) is 7.11 Å². The lowest BCUT2D eigenvalue weighted by atomic mass is 10.4. The van der Waals surface area contributed by atoms with E-state index in [2.05, 4.69) is 9.84 Å². The molecular formula is C8H12N2O2. The van der Waals surface area contributed by atoms with Crippen LogP contribution in [-0.2, 0) is 11.3 Å². The number of ether oxygens (including phenoxy) is 1. The van der Waals surface area contributed by atoms with Gasteiger partial charge in [0.25, 0.3) is 0 Å². The summed E-state index contributed by atoms with van der Waals surface area (Å²) in [7, 11) is 1.37. The first kappa shape index (κ1) is 8.77. The molecule has 4 nitrogen and oxygen atoms in total. The van der Waals surface area contributed by atoms with Gasteiger partial charge in [0.2, 0.25) is 0 Å². The molecule has 1 aromatic rings. The number of hydrogen-bond acceptors (Lipinski definition) is 3. The molecule has 0 amide bonds. The number of rotatable bonds is 2. The summed E-state index contributed by atoms with van der Waals surface area (Å²) in [5.74, 6) is -0.336. The largest absolute Gasteiger partial charge is 0.464 e. The highest BCUT2D eigenvalue weighted by atomic mass is 16.5. The topological polar surface area (TPSA) is 44.1 Å². The Morgan fingerprint density at radius 2 is 2.42 bits per heavy atom. The van der Waals surface area contributed by atoms with Gasteiger partial charge in [0.1, 0.15) is 5.69 Å². The maximum atomic E-state index is 11.1. The molecule has 0 saturated heterocycles. The van der Waals surface area contributed by atoms with E-state index in [1.54, 1.807) is 10.7 Å². The van der Waals surface area contributed by atoms with Crippen molar-refractivity contribution in [3.05, 3.63) is 17.5 Å². The predicted octanol–water partition coefficient (Wildman–Crippen LogP) is 0.998. The molecule has 0 radical (unpaired) electrons. The fourth-order valence-corrected chi connectivity index (χ4v) is 1.06. The second kappa shape index (κ2) is 3.38. The quantitative estimate of drug-likeness (QED) is 0.619. The van der Waals surface area contributed by atoms with Gasteiger partial charge in [-0.3, -0.25) is 4.68 Å². The van der Waals surface area contributed by atoms with Crippen molar-refractivity contribution >= 4 is 5.97 Å². The molecule has 4 heteroatoms. The summed E-state index contributed by atoms with van der Waals surface area (Å²) in [5, 5.41) is 4.11. The highest BCUT2D eigenvalue weighted by Gasteiger charge is 2.12. The maximum absolute atomic E-state index is 11.1. The van der Waals surface area contributed by atoms with Crippen LogP contribution in [0.1, 0.15) is 23.1 Å². The fourth-order valence-electron chi connectivity index (χ4n) is 1.06. The summed E-state index contributed by atoms with van der Waals surface area (Å²) in [6.07, 6.45) is 0. The molecule has 1 aromatic heterocycles. The van der Waals surface area contributed by atoms with Crippen LogP contribution in [0.15, 0.2) is 6.07 Å². The summed E-state index contributed by atoms with van der Waals surface area (Å²) in [6, 6.07) is 1.72. The molecule has 0 fully saturated rings. The van der Waals surface area contributed by atoms with Crippen molar-refractivity contribution in [2.75, 3.05) is 7.11 Å². The zero-order chi connectivity index (χ0) is 9.14. The molecule has 0 N–H and O–H groups in total.